The Kier molecular flexibility index (Phi) is 41.1. The number of allylic oxidation sites excluding steroid dienone is 8. The van der Waals surface area contributed by atoms with Crippen molar-refractivity contribution in [2.24, 2.45) is 0 Å². The van der Waals surface area contributed by atoms with Gasteiger partial charge in [-0.2, -0.15) is 0 Å². The standard InChI is InChI=1S/C47H85O8P/c1-3-5-7-9-11-13-15-17-19-21-22-23-24-26-28-30-32-34-36-38-40-42-47(49)55-45(44-54-56(50,51)52)43-53-46(48)41-39-37-35-33-31-29-27-25-20-18-16-14-12-10-8-6-4-2/h12,14-15,17-18,20-22,45H,3-11,13,16,19,23-44H2,1-2H3,(H2,50,51,52)/b14-12-,17-15-,20-18-,22-21-. The number of ether oxygens (including phenoxy) is 2. The van der Waals surface area contributed by atoms with Crippen LogP contribution in [0.4, 0.5) is 0 Å². The van der Waals surface area contributed by atoms with E-state index in [9.17, 15) is 14.2 Å². The van der Waals surface area contributed by atoms with Crippen LogP contribution in [0.2, 0.25) is 0 Å². The molecule has 56 heavy (non-hydrogen) atoms. The van der Waals surface area contributed by atoms with E-state index in [-0.39, 0.29) is 19.4 Å². The molecule has 326 valence electrons. The number of phosphoric ester groups is 1. The van der Waals surface area contributed by atoms with Crippen LogP contribution in [-0.4, -0.2) is 41.0 Å². The summed E-state index contributed by atoms with van der Waals surface area (Å²) in [4.78, 5) is 43.0. The first kappa shape index (κ1) is 54.0. The maximum atomic E-state index is 12.4. The lowest BCUT2D eigenvalue weighted by Crippen LogP contribution is -2.29. The van der Waals surface area contributed by atoms with Crippen molar-refractivity contribution >= 4 is 19.8 Å². The van der Waals surface area contributed by atoms with Gasteiger partial charge in [-0.1, -0.05) is 178 Å². The van der Waals surface area contributed by atoms with Gasteiger partial charge in [0.05, 0.1) is 6.61 Å². The summed E-state index contributed by atoms with van der Waals surface area (Å²) in [6.07, 6.45) is 52.6. The minimum Gasteiger partial charge on any atom is -0.462 e. The van der Waals surface area contributed by atoms with Gasteiger partial charge in [0.2, 0.25) is 0 Å². The third-order valence-corrected chi connectivity index (χ3v) is 10.3. The van der Waals surface area contributed by atoms with Crippen molar-refractivity contribution in [3.63, 3.8) is 0 Å². The minimum absolute atomic E-state index is 0.205. The van der Waals surface area contributed by atoms with Crippen LogP contribution < -0.4 is 0 Å². The molecule has 0 amide bonds. The first-order valence-electron chi connectivity index (χ1n) is 22.9. The molecule has 0 saturated heterocycles. The molecule has 0 aliphatic carbocycles. The Morgan fingerprint density at radius 1 is 0.464 bits per heavy atom. The first-order valence-corrected chi connectivity index (χ1v) is 24.5. The van der Waals surface area contributed by atoms with Gasteiger partial charge in [-0.25, -0.2) is 4.57 Å². The highest BCUT2D eigenvalue weighted by Gasteiger charge is 2.22. The molecule has 0 heterocycles. The molecule has 1 unspecified atom stereocenters. The Morgan fingerprint density at radius 2 is 0.804 bits per heavy atom. The summed E-state index contributed by atoms with van der Waals surface area (Å²) in [5.74, 6) is -0.895. The molecule has 0 rings (SSSR count). The van der Waals surface area contributed by atoms with Crippen LogP contribution in [0.5, 0.6) is 0 Å². The summed E-state index contributed by atoms with van der Waals surface area (Å²) in [5, 5.41) is 0. The molecule has 0 saturated carbocycles. The van der Waals surface area contributed by atoms with Crippen LogP contribution in [0.1, 0.15) is 219 Å². The second-order valence-electron chi connectivity index (χ2n) is 15.4. The van der Waals surface area contributed by atoms with Crippen molar-refractivity contribution in [2.75, 3.05) is 13.2 Å². The predicted molar refractivity (Wildman–Crippen MR) is 234 cm³/mol. The number of esters is 2. The molecule has 0 bridgehead atoms. The largest absolute Gasteiger partial charge is 0.469 e. The number of hydrogen-bond donors (Lipinski definition) is 2. The number of hydrogen-bond acceptors (Lipinski definition) is 6. The SMILES string of the molecule is CCCCC/C=C\C/C=C\CCCCCCCCCC(=O)OCC(COP(=O)(O)O)OC(=O)CCCCCCCCCCC/C=C\C/C=C\CCCCCCC. The average molecular weight is 809 g/mol. The fourth-order valence-electron chi connectivity index (χ4n) is 6.38. The highest BCUT2D eigenvalue weighted by molar-refractivity contribution is 7.46. The molecule has 2 N–H and O–H groups in total. The monoisotopic (exact) mass is 809 g/mol. The summed E-state index contributed by atoms with van der Waals surface area (Å²) in [6.45, 7) is 3.66. The van der Waals surface area contributed by atoms with Gasteiger partial charge in [0.15, 0.2) is 6.10 Å². The Labute approximate surface area is 344 Å². The topological polar surface area (TPSA) is 119 Å². The minimum atomic E-state index is -4.76. The lowest BCUT2D eigenvalue weighted by atomic mass is 10.1. The second-order valence-corrected chi connectivity index (χ2v) is 16.6. The van der Waals surface area contributed by atoms with Crippen LogP contribution in [0.25, 0.3) is 0 Å². The Morgan fingerprint density at radius 3 is 1.21 bits per heavy atom. The lowest BCUT2D eigenvalue weighted by molar-refractivity contribution is -0.161. The third kappa shape index (κ3) is 44.7. The summed E-state index contributed by atoms with van der Waals surface area (Å²) in [5.41, 5.74) is 0. The van der Waals surface area contributed by atoms with Gasteiger partial charge in [0.1, 0.15) is 6.61 Å². The quantitative estimate of drug-likeness (QED) is 0.0271. The molecule has 9 heteroatoms. The van der Waals surface area contributed by atoms with Gasteiger partial charge < -0.3 is 19.3 Å². The van der Waals surface area contributed by atoms with Crippen LogP contribution in [0.3, 0.4) is 0 Å². The van der Waals surface area contributed by atoms with Crippen molar-refractivity contribution in [1.29, 1.82) is 0 Å². The van der Waals surface area contributed by atoms with Crippen molar-refractivity contribution in [3.8, 4) is 0 Å². The van der Waals surface area contributed by atoms with Crippen molar-refractivity contribution in [2.45, 2.75) is 225 Å². The summed E-state index contributed by atoms with van der Waals surface area (Å²) >= 11 is 0. The van der Waals surface area contributed by atoms with Crippen LogP contribution in [0, 0.1) is 0 Å². The highest BCUT2D eigenvalue weighted by atomic mass is 31.2. The number of unbranched alkanes of at least 4 members (excludes halogenated alkanes) is 24. The van der Waals surface area contributed by atoms with E-state index in [1.807, 2.05) is 0 Å². The molecular weight excluding hydrogens is 723 g/mol. The van der Waals surface area contributed by atoms with E-state index < -0.39 is 32.5 Å². The third-order valence-electron chi connectivity index (χ3n) is 9.82. The summed E-state index contributed by atoms with van der Waals surface area (Å²) in [6, 6.07) is 0. The molecule has 0 aromatic rings. The van der Waals surface area contributed by atoms with Gasteiger partial charge in [0, 0.05) is 12.8 Å². The van der Waals surface area contributed by atoms with E-state index in [1.54, 1.807) is 0 Å². The zero-order valence-corrected chi connectivity index (χ0v) is 36.9. The van der Waals surface area contributed by atoms with Crippen molar-refractivity contribution in [1.82, 2.24) is 0 Å². The Hall–Kier alpha value is -1.99. The molecule has 0 aliphatic rings. The fourth-order valence-corrected chi connectivity index (χ4v) is 6.74. The van der Waals surface area contributed by atoms with E-state index in [4.69, 9.17) is 19.3 Å². The second kappa shape index (κ2) is 42.6. The molecule has 8 nitrogen and oxygen atoms in total. The number of carbonyl (C=O) groups excluding carboxylic acids is 2. The van der Waals surface area contributed by atoms with Gasteiger partial charge in [-0.3, -0.25) is 14.1 Å². The molecule has 0 aromatic heterocycles. The van der Waals surface area contributed by atoms with Gasteiger partial charge >= 0.3 is 19.8 Å². The van der Waals surface area contributed by atoms with E-state index in [0.29, 0.717) is 12.8 Å². The van der Waals surface area contributed by atoms with Gasteiger partial charge in [-0.15, -0.1) is 0 Å². The zero-order valence-electron chi connectivity index (χ0n) is 36.0. The lowest BCUT2D eigenvalue weighted by Gasteiger charge is -2.18. The van der Waals surface area contributed by atoms with E-state index >= 15 is 0 Å². The maximum Gasteiger partial charge on any atom is 0.469 e. The highest BCUT2D eigenvalue weighted by Crippen LogP contribution is 2.36. The predicted octanol–water partition coefficient (Wildman–Crippen LogP) is 14.3. The van der Waals surface area contributed by atoms with Crippen LogP contribution in [0.15, 0.2) is 48.6 Å². The molecule has 0 radical (unpaired) electrons. The molecule has 0 spiro atoms. The number of rotatable bonds is 42. The molecule has 0 aliphatic heterocycles. The fraction of sp³-hybridized carbons (Fsp3) is 0.787. The maximum absolute atomic E-state index is 12.4. The first-order chi connectivity index (χ1) is 27.3. The smallest absolute Gasteiger partial charge is 0.462 e. The van der Waals surface area contributed by atoms with E-state index in [1.165, 1.54) is 116 Å². The van der Waals surface area contributed by atoms with E-state index in [0.717, 1.165) is 64.2 Å². The van der Waals surface area contributed by atoms with Crippen LogP contribution in [-0.2, 0) is 28.2 Å². The number of phosphoric acid groups is 1. The molecule has 0 aromatic carbocycles. The summed E-state index contributed by atoms with van der Waals surface area (Å²) < 4.78 is 26.5. The van der Waals surface area contributed by atoms with E-state index in [2.05, 4.69) is 67.0 Å². The molecular formula is C47H85O8P. The Balaban J connectivity index is 3.89. The normalized spacial score (nSPS) is 12.9. The molecule has 0 fully saturated rings. The zero-order chi connectivity index (χ0) is 41.1. The number of carbonyl (C=O) groups is 2. The average Bonchev–Trinajstić information content (AvgIpc) is 3.17. The summed E-state index contributed by atoms with van der Waals surface area (Å²) in [7, 11) is -4.76. The Bertz CT molecular complexity index is 1050. The molecule has 1 atom stereocenters. The van der Waals surface area contributed by atoms with Crippen molar-refractivity contribution in [3.05, 3.63) is 48.6 Å². The van der Waals surface area contributed by atoms with Gasteiger partial charge in [-0.05, 0) is 77.0 Å². The van der Waals surface area contributed by atoms with Crippen molar-refractivity contribution < 1.29 is 37.9 Å². The van der Waals surface area contributed by atoms with Crippen LogP contribution >= 0.6 is 7.82 Å². The van der Waals surface area contributed by atoms with Gasteiger partial charge in [0.25, 0.3) is 0 Å².